The van der Waals surface area contributed by atoms with Crippen molar-refractivity contribution in [2.24, 2.45) is 0 Å². The van der Waals surface area contributed by atoms with Gasteiger partial charge in [-0.05, 0) is 25.0 Å². The lowest BCUT2D eigenvalue weighted by molar-refractivity contribution is 0.0952. The van der Waals surface area contributed by atoms with Crippen molar-refractivity contribution in [3.8, 4) is 0 Å². The molecule has 0 unspecified atom stereocenters. The van der Waals surface area contributed by atoms with Gasteiger partial charge < -0.3 is 11.1 Å². The fraction of sp³-hybridized carbons (Fsp3) is 0.385. The summed E-state index contributed by atoms with van der Waals surface area (Å²) in [5.74, 6) is 0.240. The summed E-state index contributed by atoms with van der Waals surface area (Å²) in [7, 11) is 0. The molecule has 2 heterocycles. The summed E-state index contributed by atoms with van der Waals surface area (Å²) in [4.78, 5) is 16.1. The van der Waals surface area contributed by atoms with Crippen molar-refractivity contribution < 1.29 is 4.79 Å². The SMILES string of the molecule is CCc1cc(C(=O)NCCCn2ccnn2)cc(N)n1. The molecule has 106 valence electrons. The quantitative estimate of drug-likeness (QED) is 0.753. The summed E-state index contributed by atoms with van der Waals surface area (Å²) in [5.41, 5.74) is 7.05. The van der Waals surface area contributed by atoms with E-state index in [0.717, 1.165) is 25.1 Å². The number of aromatic nitrogens is 4. The normalized spacial score (nSPS) is 10.4. The molecule has 2 rings (SSSR count). The molecule has 0 saturated carbocycles. The monoisotopic (exact) mass is 274 g/mol. The van der Waals surface area contributed by atoms with Gasteiger partial charge in [0, 0.05) is 30.5 Å². The van der Waals surface area contributed by atoms with E-state index in [1.165, 1.54) is 0 Å². The Morgan fingerprint density at radius 2 is 2.30 bits per heavy atom. The van der Waals surface area contributed by atoms with Crippen molar-refractivity contribution in [1.82, 2.24) is 25.3 Å². The average molecular weight is 274 g/mol. The van der Waals surface area contributed by atoms with E-state index in [9.17, 15) is 4.79 Å². The van der Waals surface area contributed by atoms with Crippen molar-refractivity contribution in [1.29, 1.82) is 0 Å². The predicted octanol–water partition coefficient (Wildman–Crippen LogP) is 0.638. The van der Waals surface area contributed by atoms with Crippen LogP contribution in [0.1, 0.15) is 29.4 Å². The maximum atomic E-state index is 12.0. The zero-order valence-electron chi connectivity index (χ0n) is 11.4. The van der Waals surface area contributed by atoms with Crippen molar-refractivity contribution in [2.75, 3.05) is 12.3 Å². The Hall–Kier alpha value is -2.44. The van der Waals surface area contributed by atoms with Crippen molar-refractivity contribution in [2.45, 2.75) is 26.3 Å². The van der Waals surface area contributed by atoms with Crippen LogP contribution in [0.3, 0.4) is 0 Å². The number of aryl methyl sites for hydroxylation is 2. The molecule has 0 atom stereocenters. The van der Waals surface area contributed by atoms with Crippen LogP contribution >= 0.6 is 0 Å². The first-order chi connectivity index (χ1) is 9.69. The highest BCUT2D eigenvalue weighted by atomic mass is 16.1. The first kappa shape index (κ1) is 14.0. The number of nitrogen functional groups attached to an aromatic ring is 1. The zero-order valence-corrected chi connectivity index (χ0v) is 11.4. The third kappa shape index (κ3) is 3.78. The summed E-state index contributed by atoms with van der Waals surface area (Å²) in [6.07, 6.45) is 4.96. The van der Waals surface area contributed by atoms with Gasteiger partial charge in [0.05, 0.1) is 6.20 Å². The van der Waals surface area contributed by atoms with Gasteiger partial charge in [-0.15, -0.1) is 5.10 Å². The molecule has 2 aromatic rings. The predicted molar refractivity (Wildman–Crippen MR) is 75.0 cm³/mol. The molecular formula is C13H18N6O. The molecule has 3 N–H and O–H groups in total. The van der Waals surface area contributed by atoms with E-state index in [1.54, 1.807) is 29.2 Å². The van der Waals surface area contributed by atoms with Crippen LogP contribution in [0.2, 0.25) is 0 Å². The fourth-order valence-electron chi connectivity index (χ4n) is 1.82. The molecule has 0 aliphatic rings. The third-order valence-electron chi connectivity index (χ3n) is 2.84. The Bertz CT molecular complexity index is 566. The van der Waals surface area contributed by atoms with Gasteiger partial charge in [0.15, 0.2) is 0 Å². The number of pyridine rings is 1. The van der Waals surface area contributed by atoms with E-state index in [2.05, 4.69) is 20.6 Å². The summed E-state index contributed by atoms with van der Waals surface area (Å²) >= 11 is 0. The molecule has 0 aliphatic carbocycles. The third-order valence-corrected chi connectivity index (χ3v) is 2.84. The number of hydrogen-bond acceptors (Lipinski definition) is 5. The second kappa shape index (κ2) is 6.65. The highest BCUT2D eigenvalue weighted by Crippen LogP contribution is 2.08. The first-order valence-corrected chi connectivity index (χ1v) is 6.57. The van der Waals surface area contributed by atoms with E-state index in [4.69, 9.17) is 5.73 Å². The number of nitrogens with one attached hydrogen (secondary N) is 1. The second-order valence-electron chi connectivity index (χ2n) is 4.40. The average Bonchev–Trinajstić information content (AvgIpc) is 2.95. The minimum absolute atomic E-state index is 0.132. The number of carbonyl (C=O) groups excluding carboxylic acids is 1. The van der Waals surface area contributed by atoms with Crippen molar-refractivity contribution >= 4 is 11.7 Å². The van der Waals surface area contributed by atoms with Crippen LogP contribution in [0.25, 0.3) is 0 Å². The Labute approximate surface area is 117 Å². The number of carbonyl (C=O) groups is 1. The highest BCUT2D eigenvalue weighted by Gasteiger charge is 2.07. The van der Waals surface area contributed by atoms with Crippen LogP contribution in [0, 0.1) is 0 Å². The molecule has 0 fully saturated rings. The fourth-order valence-corrected chi connectivity index (χ4v) is 1.82. The molecule has 0 saturated heterocycles. The molecule has 2 aromatic heterocycles. The van der Waals surface area contributed by atoms with E-state index in [-0.39, 0.29) is 5.91 Å². The van der Waals surface area contributed by atoms with Crippen LogP contribution in [0.5, 0.6) is 0 Å². The maximum absolute atomic E-state index is 12.0. The van der Waals surface area contributed by atoms with Crippen LogP contribution in [0.4, 0.5) is 5.82 Å². The molecule has 1 amide bonds. The largest absolute Gasteiger partial charge is 0.384 e. The zero-order chi connectivity index (χ0) is 14.4. The van der Waals surface area contributed by atoms with Gasteiger partial charge in [-0.3, -0.25) is 9.48 Å². The maximum Gasteiger partial charge on any atom is 0.251 e. The number of rotatable bonds is 6. The molecule has 0 radical (unpaired) electrons. The summed E-state index contributed by atoms with van der Waals surface area (Å²) < 4.78 is 1.73. The Kier molecular flexibility index (Phi) is 4.65. The smallest absolute Gasteiger partial charge is 0.251 e. The van der Waals surface area contributed by atoms with E-state index >= 15 is 0 Å². The number of anilines is 1. The summed E-state index contributed by atoms with van der Waals surface area (Å²) in [6.45, 7) is 3.27. The van der Waals surface area contributed by atoms with Gasteiger partial charge in [-0.1, -0.05) is 12.1 Å². The number of amides is 1. The lowest BCUT2D eigenvalue weighted by atomic mass is 10.2. The molecule has 7 nitrogen and oxygen atoms in total. The molecule has 0 spiro atoms. The van der Waals surface area contributed by atoms with Gasteiger partial charge in [-0.25, -0.2) is 4.98 Å². The first-order valence-electron chi connectivity index (χ1n) is 6.57. The minimum Gasteiger partial charge on any atom is -0.384 e. The Morgan fingerprint density at radius 3 is 3.00 bits per heavy atom. The Balaban J connectivity index is 1.83. The topological polar surface area (TPSA) is 98.7 Å². The lowest BCUT2D eigenvalue weighted by Gasteiger charge is -2.07. The van der Waals surface area contributed by atoms with E-state index in [1.807, 2.05) is 6.92 Å². The van der Waals surface area contributed by atoms with E-state index < -0.39 is 0 Å². The Morgan fingerprint density at radius 1 is 1.45 bits per heavy atom. The van der Waals surface area contributed by atoms with Gasteiger partial charge in [0.2, 0.25) is 0 Å². The standard InChI is InChI=1S/C13H18N6O/c1-2-11-8-10(9-12(14)17-11)13(20)15-4-3-6-19-7-5-16-18-19/h5,7-9H,2-4,6H2,1H3,(H2,14,17)(H,15,20). The number of hydrogen-bond donors (Lipinski definition) is 2. The molecule has 0 bridgehead atoms. The van der Waals surface area contributed by atoms with Gasteiger partial charge >= 0.3 is 0 Å². The van der Waals surface area contributed by atoms with Gasteiger partial charge in [0.1, 0.15) is 5.82 Å². The lowest BCUT2D eigenvalue weighted by Crippen LogP contribution is -2.25. The van der Waals surface area contributed by atoms with Crippen LogP contribution in [0.15, 0.2) is 24.5 Å². The molecule has 0 aliphatic heterocycles. The van der Waals surface area contributed by atoms with Crippen LogP contribution < -0.4 is 11.1 Å². The van der Waals surface area contributed by atoms with Crippen molar-refractivity contribution in [3.05, 3.63) is 35.8 Å². The van der Waals surface area contributed by atoms with Crippen molar-refractivity contribution in [3.63, 3.8) is 0 Å². The van der Waals surface area contributed by atoms with E-state index in [0.29, 0.717) is 17.9 Å². The van der Waals surface area contributed by atoms with Gasteiger partial charge in [-0.2, -0.15) is 0 Å². The van der Waals surface area contributed by atoms with Gasteiger partial charge in [0.25, 0.3) is 5.91 Å². The number of nitrogens with zero attached hydrogens (tertiary/aromatic N) is 4. The molecule has 7 heteroatoms. The molecular weight excluding hydrogens is 256 g/mol. The van der Waals surface area contributed by atoms with Crippen LogP contribution in [-0.2, 0) is 13.0 Å². The number of nitrogens with two attached hydrogens (primary N) is 1. The minimum atomic E-state index is -0.132. The second-order valence-corrected chi connectivity index (χ2v) is 4.40. The summed E-state index contributed by atoms with van der Waals surface area (Å²) in [6, 6.07) is 3.36. The highest BCUT2D eigenvalue weighted by molar-refractivity contribution is 5.94. The molecule has 0 aromatic carbocycles. The van der Waals surface area contributed by atoms with Crippen LogP contribution in [-0.4, -0.2) is 32.4 Å². The summed E-state index contributed by atoms with van der Waals surface area (Å²) in [5, 5.41) is 10.4. The molecule has 20 heavy (non-hydrogen) atoms.